The lowest BCUT2D eigenvalue weighted by Gasteiger charge is -2.33. The van der Waals surface area contributed by atoms with Gasteiger partial charge >= 0.3 is 6.09 Å². The van der Waals surface area contributed by atoms with E-state index in [1.807, 2.05) is 19.9 Å². The summed E-state index contributed by atoms with van der Waals surface area (Å²) in [5.74, 6) is 0.403. The molecule has 0 spiro atoms. The number of allylic oxidation sites excluding steroid dienone is 1. The van der Waals surface area contributed by atoms with Crippen LogP contribution in [0, 0.1) is 12.7 Å². The van der Waals surface area contributed by atoms with E-state index in [1.165, 1.54) is 29.7 Å². The smallest absolute Gasteiger partial charge is 0.414 e. The van der Waals surface area contributed by atoms with Crippen LogP contribution in [0.25, 0.3) is 5.69 Å². The number of benzene rings is 1. The number of nitrogens with zero attached hydrogens (tertiary/aromatic N) is 6. The highest BCUT2D eigenvalue weighted by atomic mass is 19.1. The van der Waals surface area contributed by atoms with E-state index in [0.717, 1.165) is 31.4 Å². The Morgan fingerprint density at radius 2 is 2.11 bits per heavy atom. The SMILES string of the molecule is Cc1c(Nc2ccc(-n3cncn3)cc2F)ncnc1O[C@H]1C=C2CCC(C1)N2C(=O)OC1(C)CC1. The van der Waals surface area contributed by atoms with Gasteiger partial charge in [0, 0.05) is 24.2 Å². The van der Waals surface area contributed by atoms with Crippen LogP contribution >= 0.6 is 0 Å². The van der Waals surface area contributed by atoms with E-state index in [2.05, 4.69) is 25.4 Å². The highest BCUT2D eigenvalue weighted by molar-refractivity contribution is 5.72. The molecule has 2 atom stereocenters. The van der Waals surface area contributed by atoms with E-state index < -0.39 is 5.82 Å². The lowest BCUT2D eigenvalue weighted by Crippen LogP contribution is -2.42. The molecule has 186 valence electrons. The molecule has 11 heteroatoms. The standard InChI is InChI=1S/C25H26FN7O3/c1-15-22(31-21-6-5-16(11-20(21)26)32-14-27-12-30-32)28-13-29-23(15)35-19-9-17-3-4-18(10-19)33(17)24(34)36-25(2)7-8-25/h5-6,9,11-14,18-19H,3-4,7-8,10H2,1-2H3,(H,28,29,31)/t18?,19-/m0/s1. The van der Waals surface area contributed by atoms with Crippen molar-refractivity contribution in [2.75, 3.05) is 5.32 Å². The van der Waals surface area contributed by atoms with Crippen molar-refractivity contribution in [3.05, 3.63) is 60.3 Å². The molecule has 2 aromatic heterocycles. The van der Waals surface area contributed by atoms with E-state index >= 15 is 0 Å². The van der Waals surface area contributed by atoms with Crippen LogP contribution in [-0.2, 0) is 4.74 Å². The van der Waals surface area contributed by atoms with Gasteiger partial charge in [-0.3, -0.25) is 4.90 Å². The molecule has 6 rings (SSSR count). The van der Waals surface area contributed by atoms with Crippen molar-refractivity contribution < 1.29 is 18.7 Å². The molecule has 1 N–H and O–H groups in total. The summed E-state index contributed by atoms with van der Waals surface area (Å²) >= 11 is 0. The number of aromatic nitrogens is 5. The number of amides is 1. The molecule has 2 fully saturated rings. The third-order valence-electron chi connectivity index (χ3n) is 6.97. The number of halogens is 1. The molecule has 1 unspecified atom stereocenters. The summed E-state index contributed by atoms with van der Waals surface area (Å²) in [6.07, 6.45) is 9.96. The van der Waals surface area contributed by atoms with Crippen LogP contribution < -0.4 is 10.1 Å². The van der Waals surface area contributed by atoms with Gasteiger partial charge in [0.25, 0.3) is 0 Å². The Bertz CT molecular complexity index is 1340. The first-order chi connectivity index (χ1) is 17.4. The summed E-state index contributed by atoms with van der Waals surface area (Å²) in [6, 6.07) is 4.77. The van der Waals surface area contributed by atoms with E-state index in [1.54, 1.807) is 17.0 Å². The summed E-state index contributed by atoms with van der Waals surface area (Å²) in [5.41, 5.74) is 2.12. The van der Waals surface area contributed by atoms with Gasteiger partial charge in [-0.25, -0.2) is 28.8 Å². The Balaban J connectivity index is 1.16. The molecule has 1 amide bonds. The molecular formula is C25H26FN7O3. The van der Waals surface area contributed by atoms with Crippen molar-refractivity contribution in [1.29, 1.82) is 0 Å². The van der Waals surface area contributed by atoms with Crippen molar-refractivity contribution in [3.63, 3.8) is 0 Å². The summed E-state index contributed by atoms with van der Waals surface area (Å²) in [5, 5.41) is 7.05. The van der Waals surface area contributed by atoms with Gasteiger partial charge in [-0.05, 0) is 57.7 Å². The summed E-state index contributed by atoms with van der Waals surface area (Å²) in [7, 11) is 0. The number of anilines is 2. The average molecular weight is 492 g/mol. The van der Waals surface area contributed by atoms with E-state index in [4.69, 9.17) is 9.47 Å². The van der Waals surface area contributed by atoms with Gasteiger partial charge in [-0.2, -0.15) is 5.10 Å². The number of carbonyl (C=O) groups excluding carboxylic acids is 1. The first-order valence-electron chi connectivity index (χ1n) is 12.0. The van der Waals surface area contributed by atoms with Gasteiger partial charge in [0.15, 0.2) is 0 Å². The number of hydrogen-bond donors (Lipinski definition) is 1. The lowest BCUT2D eigenvalue weighted by molar-refractivity contribution is 0.0537. The fourth-order valence-electron chi connectivity index (χ4n) is 4.66. The largest absolute Gasteiger partial charge is 0.470 e. The van der Waals surface area contributed by atoms with Gasteiger partial charge in [0.05, 0.1) is 16.9 Å². The Morgan fingerprint density at radius 3 is 2.83 bits per heavy atom. The zero-order valence-corrected chi connectivity index (χ0v) is 20.0. The fraction of sp³-hybridized carbons (Fsp3) is 0.400. The molecule has 3 aliphatic rings. The molecule has 2 bridgehead atoms. The Labute approximate surface area is 207 Å². The van der Waals surface area contributed by atoms with E-state index in [0.29, 0.717) is 29.4 Å². The van der Waals surface area contributed by atoms with E-state index in [9.17, 15) is 9.18 Å². The maximum Gasteiger partial charge on any atom is 0.414 e. The van der Waals surface area contributed by atoms with Crippen LogP contribution in [0.1, 0.15) is 44.6 Å². The normalized spacial score (nSPS) is 21.6. The maximum atomic E-state index is 14.8. The molecule has 1 saturated carbocycles. The number of hydrogen-bond acceptors (Lipinski definition) is 8. The van der Waals surface area contributed by atoms with Crippen LogP contribution in [-0.4, -0.2) is 53.5 Å². The zero-order valence-electron chi connectivity index (χ0n) is 20.0. The van der Waals surface area contributed by atoms with Crippen LogP contribution in [0.4, 0.5) is 20.7 Å². The highest BCUT2D eigenvalue weighted by Gasteiger charge is 2.46. The van der Waals surface area contributed by atoms with E-state index in [-0.39, 0.29) is 29.5 Å². The van der Waals surface area contributed by atoms with Crippen LogP contribution in [0.2, 0.25) is 0 Å². The summed E-state index contributed by atoms with van der Waals surface area (Å²) in [4.78, 5) is 27.0. The lowest BCUT2D eigenvalue weighted by atomic mass is 10.1. The molecule has 1 saturated heterocycles. The summed E-state index contributed by atoms with van der Waals surface area (Å²) < 4.78 is 28.2. The molecular weight excluding hydrogens is 465 g/mol. The highest BCUT2D eigenvalue weighted by Crippen LogP contribution is 2.42. The average Bonchev–Trinajstić information content (AvgIpc) is 3.23. The van der Waals surface area contributed by atoms with Gasteiger partial charge in [-0.1, -0.05) is 0 Å². The Morgan fingerprint density at radius 1 is 1.25 bits per heavy atom. The molecule has 1 aromatic carbocycles. The molecule has 36 heavy (non-hydrogen) atoms. The van der Waals surface area contributed by atoms with Gasteiger partial charge in [-0.15, -0.1) is 0 Å². The molecule has 10 nitrogen and oxygen atoms in total. The number of fused-ring (bicyclic) bond motifs is 2. The van der Waals surface area contributed by atoms with Gasteiger partial charge < -0.3 is 14.8 Å². The topological polar surface area (TPSA) is 107 Å². The van der Waals surface area contributed by atoms with Gasteiger partial charge in [0.2, 0.25) is 5.88 Å². The minimum atomic E-state index is -0.455. The van der Waals surface area contributed by atoms with Crippen LogP contribution in [0.15, 0.2) is 49.0 Å². The first-order valence-corrected chi connectivity index (χ1v) is 12.0. The second-order valence-electron chi connectivity index (χ2n) is 9.71. The van der Waals surface area contributed by atoms with Crippen molar-refractivity contribution in [1.82, 2.24) is 29.6 Å². The molecule has 4 heterocycles. The van der Waals surface area contributed by atoms with Crippen molar-refractivity contribution in [2.24, 2.45) is 0 Å². The zero-order chi connectivity index (χ0) is 24.9. The molecule has 1 aliphatic carbocycles. The minimum absolute atomic E-state index is 0.0437. The molecule has 2 aliphatic heterocycles. The summed E-state index contributed by atoms with van der Waals surface area (Å²) in [6.45, 7) is 3.79. The number of nitrogens with one attached hydrogen (secondary N) is 1. The predicted molar refractivity (Wildman–Crippen MR) is 127 cm³/mol. The maximum absolute atomic E-state index is 14.8. The van der Waals surface area contributed by atoms with Crippen LogP contribution in [0.3, 0.4) is 0 Å². The predicted octanol–water partition coefficient (Wildman–Crippen LogP) is 4.44. The number of ether oxygens (including phenoxy) is 2. The van der Waals surface area contributed by atoms with Crippen molar-refractivity contribution in [2.45, 2.75) is 63.7 Å². The Hall–Kier alpha value is -4.02. The monoisotopic (exact) mass is 491 g/mol. The first kappa shape index (κ1) is 22.4. The third kappa shape index (κ3) is 4.25. The minimum Gasteiger partial charge on any atom is -0.470 e. The van der Waals surface area contributed by atoms with Crippen molar-refractivity contribution in [3.8, 4) is 11.6 Å². The fourth-order valence-corrected chi connectivity index (χ4v) is 4.66. The van der Waals surface area contributed by atoms with Crippen LogP contribution in [0.5, 0.6) is 5.88 Å². The Kier molecular flexibility index (Phi) is 5.35. The third-order valence-corrected chi connectivity index (χ3v) is 6.97. The number of rotatable bonds is 6. The number of carbonyl (C=O) groups is 1. The van der Waals surface area contributed by atoms with Crippen molar-refractivity contribution >= 4 is 17.6 Å². The molecule has 0 radical (unpaired) electrons. The van der Waals surface area contributed by atoms with Gasteiger partial charge in [0.1, 0.15) is 42.3 Å². The molecule has 3 aromatic rings. The second-order valence-corrected chi connectivity index (χ2v) is 9.71. The quantitative estimate of drug-likeness (QED) is 0.539. The second kappa shape index (κ2) is 8.58.